The molecule has 0 amide bonds. The van der Waals surface area contributed by atoms with Crippen molar-refractivity contribution in [2.24, 2.45) is 9.98 Å². The van der Waals surface area contributed by atoms with E-state index < -0.39 is 5.97 Å². The van der Waals surface area contributed by atoms with E-state index in [1.165, 1.54) is 0 Å². The fraction of sp³-hybridized carbons (Fsp3) is 0.800. The van der Waals surface area contributed by atoms with Crippen LogP contribution in [0.4, 0.5) is 0 Å². The Morgan fingerprint density at radius 2 is 1.35 bits per heavy atom. The second-order valence-corrected chi connectivity index (χ2v) is 4.46. The maximum atomic E-state index is 5.46. The highest BCUT2D eigenvalue weighted by atomic mass is 16.5. The molecular weight excluding hydrogens is 220 g/mol. The topological polar surface area (TPSA) is 55.7 Å². The number of aliphatic imine (C=N–C) groups is 2. The number of ether oxygens (including phenoxy) is 1. The first-order valence-electron chi connectivity index (χ1n) is 5.36. The minimum absolute atomic E-state index is 0.708. The van der Waals surface area contributed by atoms with Gasteiger partial charge in [-0.2, -0.15) is 9.98 Å². The summed E-state index contributed by atoms with van der Waals surface area (Å²) in [5.41, 5.74) is 0. The molecule has 1 aliphatic rings. The number of guanidine groups is 2. The third kappa shape index (κ3) is 2.67. The minimum Gasteiger partial charge on any atom is -0.349 e. The van der Waals surface area contributed by atoms with Crippen LogP contribution in [0.3, 0.4) is 0 Å². The SMILES string of the molecule is COC1(N(C)C)N=C(N(C)C)NC(N(C)C)=N1. The van der Waals surface area contributed by atoms with Crippen LogP contribution in [0.1, 0.15) is 0 Å². The number of methoxy groups -OCH3 is 1. The van der Waals surface area contributed by atoms with E-state index in [2.05, 4.69) is 15.3 Å². The molecule has 0 aromatic carbocycles. The number of hydrogen-bond donors (Lipinski definition) is 1. The molecular formula is C10H22N6O. The summed E-state index contributed by atoms with van der Waals surface area (Å²) < 4.78 is 5.46. The number of nitrogens with zero attached hydrogens (tertiary/aromatic N) is 5. The Bertz CT molecular complexity index is 310. The second kappa shape index (κ2) is 4.89. The first kappa shape index (κ1) is 13.7. The quantitative estimate of drug-likeness (QED) is 0.645. The zero-order valence-electron chi connectivity index (χ0n) is 11.6. The van der Waals surface area contributed by atoms with E-state index in [1.807, 2.05) is 57.0 Å². The predicted octanol–water partition coefficient (Wildman–Crippen LogP) is -0.756. The first-order valence-corrected chi connectivity index (χ1v) is 5.36. The molecule has 0 saturated heterocycles. The number of rotatable bonds is 2. The lowest BCUT2D eigenvalue weighted by Crippen LogP contribution is -2.56. The summed E-state index contributed by atoms with van der Waals surface area (Å²) in [5.74, 6) is 0.406. The Morgan fingerprint density at radius 3 is 1.59 bits per heavy atom. The van der Waals surface area contributed by atoms with Gasteiger partial charge in [-0.05, 0) is 14.1 Å². The maximum Gasteiger partial charge on any atom is 0.328 e. The highest BCUT2D eigenvalue weighted by Crippen LogP contribution is 2.20. The van der Waals surface area contributed by atoms with Crippen molar-refractivity contribution in [3.8, 4) is 0 Å². The van der Waals surface area contributed by atoms with Crippen LogP contribution in [0.15, 0.2) is 9.98 Å². The molecule has 0 aromatic heterocycles. The molecule has 0 fully saturated rings. The summed E-state index contributed by atoms with van der Waals surface area (Å²) in [4.78, 5) is 14.6. The Hall–Kier alpha value is -1.34. The summed E-state index contributed by atoms with van der Waals surface area (Å²) in [5, 5.41) is 3.14. The van der Waals surface area contributed by atoms with E-state index in [0.717, 1.165) is 0 Å². The molecule has 1 rings (SSSR count). The van der Waals surface area contributed by atoms with Crippen molar-refractivity contribution in [3.05, 3.63) is 0 Å². The van der Waals surface area contributed by atoms with Gasteiger partial charge >= 0.3 is 5.97 Å². The van der Waals surface area contributed by atoms with E-state index in [-0.39, 0.29) is 0 Å². The normalized spacial score (nSPS) is 18.4. The molecule has 0 bridgehead atoms. The number of nitrogens with one attached hydrogen (secondary N) is 1. The standard InChI is InChI=1S/C10H22N6O/c1-14(2)8-11-9(15(3)4)13-10(12-8,17-7)16(5)6/h1-7H3,(H,11,12,13). The lowest BCUT2D eigenvalue weighted by Gasteiger charge is -2.37. The van der Waals surface area contributed by atoms with Gasteiger partial charge in [-0.1, -0.05) is 0 Å². The average molecular weight is 242 g/mol. The zero-order chi connectivity index (χ0) is 13.2. The van der Waals surface area contributed by atoms with Crippen LogP contribution < -0.4 is 5.32 Å². The van der Waals surface area contributed by atoms with Gasteiger partial charge in [0, 0.05) is 35.3 Å². The highest BCUT2D eigenvalue weighted by Gasteiger charge is 2.37. The lowest BCUT2D eigenvalue weighted by molar-refractivity contribution is -0.103. The molecule has 0 unspecified atom stereocenters. The van der Waals surface area contributed by atoms with Crippen molar-refractivity contribution in [1.82, 2.24) is 20.0 Å². The maximum absolute atomic E-state index is 5.46. The van der Waals surface area contributed by atoms with E-state index in [9.17, 15) is 0 Å². The molecule has 0 spiro atoms. The van der Waals surface area contributed by atoms with E-state index >= 15 is 0 Å². The van der Waals surface area contributed by atoms with Crippen LogP contribution in [0.25, 0.3) is 0 Å². The van der Waals surface area contributed by atoms with E-state index in [0.29, 0.717) is 11.9 Å². The van der Waals surface area contributed by atoms with Crippen molar-refractivity contribution < 1.29 is 4.74 Å². The van der Waals surface area contributed by atoms with Crippen molar-refractivity contribution in [3.63, 3.8) is 0 Å². The summed E-state index contributed by atoms with van der Waals surface area (Å²) in [6.07, 6.45) is 0. The monoisotopic (exact) mass is 242 g/mol. The highest BCUT2D eigenvalue weighted by molar-refractivity contribution is 5.99. The molecule has 17 heavy (non-hydrogen) atoms. The van der Waals surface area contributed by atoms with Gasteiger partial charge in [-0.25, -0.2) is 4.90 Å². The van der Waals surface area contributed by atoms with E-state index in [4.69, 9.17) is 4.74 Å². The van der Waals surface area contributed by atoms with Crippen molar-refractivity contribution >= 4 is 11.9 Å². The van der Waals surface area contributed by atoms with Crippen LogP contribution in [0.5, 0.6) is 0 Å². The third-order valence-electron chi connectivity index (χ3n) is 2.43. The number of hydrogen-bond acceptors (Lipinski definition) is 7. The van der Waals surface area contributed by atoms with Gasteiger partial charge in [0.1, 0.15) is 0 Å². The molecule has 1 N–H and O–H groups in total. The molecule has 0 saturated carbocycles. The molecule has 1 aliphatic heterocycles. The van der Waals surface area contributed by atoms with Gasteiger partial charge in [0.05, 0.1) is 0 Å². The molecule has 0 atom stereocenters. The Labute approximate surface area is 103 Å². The van der Waals surface area contributed by atoms with Crippen LogP contribution in [-0.2, 0) is 4.74 Å². The summed E-state index contributed by atoms with van der Waals surface area (Å²) >= 11 is 0. The minimum atomic E-state index is -1.01. The van der Waals surface area contributed by atoms with E-state index in [1.54, 1.807) is 7.11 Å². The van der Waals surface area contributed by atoms with Gasteiger partial charge in [-0.15, -0.1) is 0 Å². The smallest absolute Gasteiger partial charge is 0.328 e. The lowest BCUT2D eigenvalue weighted by atomic mass is 10.5. The first-order chi connectivity index (χ1) is 7.82. The molecule has 98 valence electrons. The fourth-order valence-electron chi connectivity index (χ4n) is 1.35. The molecule has 0 radical (unpaired) electrons. The van der Waals surface area contributed by atoms with Crippen LogP contribution in [0, 0.1) is 0 Å². The molecule has 7 heteroatoms. The van der Waals surface area contributed by atoms with Crippen LogP contribution in [0.2, 0.25) is 0 Å². The van der Waals surface area contributed by atoms with Gasteiger partial charge in [-0.3, -0.25) is 5.32 Å². The van der Waals surface area contributed by atoms with Crippen molar-refractivity contribution in [2.45, 2.75) is 5.97 Å². The summed E-state index contributed by atoms with van der Waals surface area (Å²) in [7, 11) is 13.0. The van der Waals surface area contributed by atoms with Gasteiger partial charge in [0.15, 0.2) is 0 Å². The van der Waals surface area contributed by atoms with Crippen molar-refractivity contribution in [2.75, 3.05) is 49.4 Å². The van der Waals surface area contributed by atoms with Crippen molar-refractivity contribution in [1.29, 1.82) is 0 Å². The van der Waals surface area contributed by atoms with Crippen LogP contribution in [-0.4, -0.2) is 82.0 Å². The fourth-order valence-corrected chi connectivity index (χ4v) is 1.35. The average Bonchev–Trinajstić information content (AvgIpc) is 2.27. The Balaban J connectivity index is 3.19. The van der Waals surface area contributed by atoms with Crippen LogP contribution >= 0.6 is 0 Å². The Kier molecular flexibility index (Phi) is 3.94. The molecule has 1 heterocycles. The van der Waals surface area contributed by atoms with Gasteiger partial charge < -0.3 is 14.5 Å². The summed E-state index contributed by atoms with van der Waals surface area (Å²) in [6.45, 7) is 0. The predicted molar refractivity (Wildman–Crippen MR) is 68.8 cm³/mol. The Morgan fingerprint density at radius 1 is 0.941 bits per heavy atom. The molecule has 0 aliphatic carbocycles. The third-order valence-corrected chi connectivity index (χ3v) is 2.43. The largest absolute Gasteiger partial charge is 0.349 e. The molecule has 0 aromatic rings. The summed E-state index contributed by atoms with van der Waals surface area (Å²) in [6, 6.07) is 0. The molecule has 7 nitrogen and oxygen atoms in total. The zero-order valence-corrected chi connectivity index (χ0v) is 11.6. The second-order valence-electron chi connectivity index (χ2n) is 4.46. The van der Waals surface area contributed by atoms with Gasteiger partial charge in [0.2, 0.25) is 11.9 Å². The van der Waals surface area contributed by atoms with Gasteiger partial charge in [0.25, 0.3) is 0 Å².